The average Bonchev–Trinajstić information content (AvgIpc) is 2.82. The molecule has 0 bridgehead atoms. The number of nitrogens with zero attached hydrogens (tertiary/aromatic N) is 2. The lowest BCUT2D eigenvalue weighted by molar-refractivity contribution is -0.134. The molecule has 0 aliphatic carbocycles. The molecule has 2 aromatic heterocycles. The summed E-state index contributed by atoms with van der Waals surface area (Å²) in [4.78, 5) is 38.0. The molecule has 1 unspecified atom stereocenters. The first kappa shape index (κ1) is 11.6. The van der Waals surface area contributed by atoms with E-state index >= 15 is 0 Å². The van der Waals surface area contributed by atoms with Gasteiger partial charge >= 0.3 is 0 Å². The molecule has 3 rings (SSSR count). The Morgan fingerprint density at radius 2 is 2.26 bits per heavy atom. The Morgan fingerprint density at radius 3 is 3.00 bits per heavy atom. The summed E-state index contributed by atoms with van der Waals surface area (Å²) in [7, 11) is 0. The Kier molecular flexibility index (Phi) is 2.63. The molecule has 0 aromatic carbocycles. The number of piperidine rings is 1. The quantitative estimate of drug-likeness (QED) is 0.633. The van der Waals surface area contributed by atoms with Gasteiger partial charge in [0.05, 0.1) is 5.92 Å². The number of aldehydes is 1. The minimum absolute atomic E-state index is 0.245. The fourth-order valence-electron chi connectivity index (χ4n) is 2.37. The molecule has 3 heterocycles. The van der Waals surface area contributed by atoms with Crippen molar-refractivity contribution in [2.24, 2.45) is 0 Å². The van der Waals surface area contributed by atoms with Crippen LogP contribution in [0.25, 0.3) is 5.65 Å². The lowest BCUT2D eigenvalue weighted by Gasteiger charge is -2.21. The molecule has 6 heteroatoms. The highest BCUT2D eigenvalue weighted by atomic mass is 16.2. The van der Waals surface area contributed by atoms with Crippen LogP contribution in [0.15, 0.2) is 24.5 Å². The lowest BCUT2D eigenvalue weighted by atomic mass is 9.91. The minimum atomic E-state index is -0.400. The molecular formula is C13H11N3O3. The Morgan fingerprint density at radius 1 is 1.42 bits per heavy atom. The summed E-state index contributed by atoms with van der Waals surface area (Å²) in [6, 6.07) is 3.60. The number of hydrogen-bond donors (Lipinski definition) is 1. The van der Waals surface area contributed by atoms with Crippen LogP contribution in [-0.2, 0) is 9.59 Å². The van der Waals surface area contributed by atoms with Gasteiger partial charge in [-0.25, -0.2) is 4.98 Å². The molecule has 0 spiro atoms. The number of nitrogens with one attached hydrogen (secondary N) is 1. The summed E-state index contributed by atoms with van der Waals surface area (Å²) in [6.07, 6.45) is 4.83. The van der Waals surface area contributed by atoms with E-state index in [1.165, 1.54) is 0 Å². The third-order valence-electron chi connectivity index (χ3n) is 3.27. The Bertz CT molecular complexity index is 689. The lowest BCUT2D eigenvalue weighted by Crippen LogP contribution is -2.39. The molecule has 2 aromatic rings. The standard InChI is InChI=1S/C13H11N3O3/c17-7-8-6-16-5-1-2-9(12(16)14-8)10-3-4-11(18)15-13(10)19/h1-2,5-7,10H,3-4H2,(H,15,18,19). The number of imidazole rings is 1. The molecule has 6 nitrogen and oxygen atoms in total. The van der Waals surface area contributed by atoms with Crippen molar-refractivity contribution in [2.45, 2.75) is 18.8 Å². The van der Waals surface area contributed by atoms with Crippen molar-refractivity contribution < 1.29 is 14.4 Å². The van der Waals surface area contributed by atoms with E-state index in [2.05, 4.69) is 10.3 Å². The molecule has 19 heavy (non-hydrogen) atoms. The molecule has 1 N–H and O–H groups in total. The summed E-state index contributed by atoms with van der Waals surface area (Å²) in [5.74, 6) is -0.951. The first-order valence-electron chi connectivity index (χ1n) is 5.95. The van der Waals surface area contributed by atoms with Gasteiger partial charge in [0.25, 0.3) is 0 Å². The molecule has 96 valence electrons. The van der Waals surface area contributed by atoms with Gasteiger partial charge in [-0.3, -0.25) is 19.7 Å². The van der Waals surface area contributed by atoms with Crippen LogP contribution in [-0.4, -0.2) is 27.5 Å². The number of amides is 2. The van der Waals surface area contributed by atoms with Gasteiger partial charge in [-0.15, -0.1) is 0 Å². The van der Waals surface area contributed by atoms with Gasteiger partial charge in [0, 0.05) is 24.4 Å². The van der Waals surface area contributed by atoms with E-state index in [9.17, 15) is 14.4 Å². The third-order valence-corrected chi connectivity index (χ3v) is 3.27. The van der Waals surface area contributed by atoms with E-state index in [1.54, 1.807) is 28.9 Å². The van der Waals surface area contributed by atoms with Crippen LogP contribution in [0.3, 0.4) is 0 Å². The smallest absolute Gasteiger partial charge is 0.234 e. The first-order valence-corrected chi connectivity index (χ1v) is 5.95. The summed E-state index contributed by atoms with van der Waals surface area (Å²) in [5, 5.41) is 2.33. The third kappa shape index (κ3) is 1.91. The van der Waals surface area contributed by atoms with Gasteiger partial charge in [-0.05, 0) is 12.5 Å². The van der Waals surface area contributed by atoms with Gasteiger partial charge in [-0.1, -0.05) is 6.07 Å². The van der Waals surface area contributed by atoms with Gasteiger partial charge in [-0.2, -0.15) is 0 Å². The van der Waals surface area contributed by atoms with E-state index in [1.807, 2.05) is 0 Å². The fraction of sp³-hybridized carbons (Fsp3) is 0.231. The van der Waals surface area contributed by atoms with E-state index in [0.717, 1.165) is 5.56 Å². The Labute approximate surface area is 108 Å². The van der Waals surface area contributed by atoms with Crippen LogP contribution in [0.5, 0.6) is 0 Å². The van der Waals surface area contributed by atoms with Crippen LogP contribution in [0.4, 0.5) is 0 Å². The van der Waals surface area contributed by atoms with E-state index < -0.39 is 5.92 Å². The molecule has 0 saturated carbocycles. The summed E-state index contributed by atoms with van der Waals surface area (Å²) in [5.41, 5.74) is 1.64. The number of hydrogen-bond acceptors (Lipinski definition) is 4. The molecule has 0 radical (unpaired) electrons. The second kappa shape index (κ2) is 4.31. The zero-order chi connectivity index (χ0) is 13.4. The second-order valence-corrected chi connectivity index (χ2v) is 4.48. The largest absolute Gasteiger partial charge is 0.306 e. The molecule has 1 fully saturated rings. The van der Waals surface area contributed by atoms with Crippen molar-refractivity contribution in [1.29, 1.82) is 0 Å². The SMILES string of the molecule is O=Cc1cn2cccc(C3CCC(=O)NC3=O)c2n1. The van der Waals surface area contributed by atoms with Crippen LogP contribution in [0.1, 0.15) is 34.8 Å². The fourth-order valence-corrected chi connectivity index (χ4v) is 2.37. The van der Waals surface area contributed by atoms with Crippen molar-refractivity contribution in [3.63, 3.8) is 0 Å². The molecule has 1 atom stereocenters. The number of carbonyl (C=O) groups is 3. The summed E-state index contributed by atoms with van der Waals surface area (Å²) in [6.45, 7) is 0. The van der Waals surface area contributed by atoms with Crippen molar-refractivity contribution in [3.05, 3.63) is 35.8 Å². The first-order chi connectivity index (χ1) is 9.19. The average molecular weight is 257 g/mol. The minimum Gasteiger partial charge on any atom is -0.306 e. The van der Waals surface area contributed by atoms with E-state index in [0.29, 0.717) is 30.5 Å². The maximum Gasteiger partial charge on any atom is 0.234 e. The highest BCUT2D eigenvalue weighted by molar-refractivity contribution is 6.01. The zero-order valence-corrected chi connectivity index (χ0v) is 10.00. The van der Waals surface area contributed by atoms with E-state index in [4.69, 9.17) is 0 Å². The molecule has 1 aliphatic heterocycles. The topological polar surface area (TPSA) is 80.5 Å². The van der Waals surface area contributed by atoms with Gasteiger partial charge < -0.3 is 4.40 Å². The van der Waals surface area contributed by atoms with Crippen LogP contribution in [0, 0.1) is 0 Å². The normalized spacial score (nSPS) is 19.5. The van der Waals surface area contributed by atoms with Crippen LogP contribution >= 0.6 is 0 Å². The number of fused-ring (bicyclic) bond motifs is 1. The van der Waals surface area contributed by atoms with Crippen molar-refractivity contribution in [2.75, 3.05) is 0 Å². The second-order valence-electron chi connectivity index (χ2n) is 4.48. The summed E-state index contributed by atoms with van der Waals surface area (Å²) >= 11 is 0. The van der Waals surface area contributed by atoms with Gasteiger partial charge in [0.1, 0.15) is 11.3 Å². The van der Waals surface area contributed by atoms with Crippen molar-refractivity contribution >= 4 is 23.7 Å². The number of carbonyl (C=O) groups excluding carboxylic acids is 3. The molecule has 1 aliphatic rings. The number of aromatic nitrogens is 2. The van der Waals surface area contributed by atoms with Crippen LogP contribution in [0.2, 0.25) is 0 Å². The van der Waals surface area contributed by atoms with E-state index in [-0.39, 0.29) is 11.8 Å². The molecule has 1 saturated heterocycles. The maximum atomic E-state index is 11.9. The Balaban J connectivity index is 2.09. The monoisotopic (exact) mass is 257 g/mol. The van der Waals surface area contributed by atoms with Crippen LogP contribution < -0.4 is 5.32 Å². The summed E-state index contributed by atoms with van der Waals surface area (Å²) < 4.78 is 1.71. The van der Waals surface area contributed by atoms with Gasteiger partial charge in [0.15, 0.2) is 6.29 Å². The number of imide groups is 1. The molecular weight excluding hydrogens is 246 g/mol. The predicted molar refractivity (Wildman–Crippen MR) is 65.7 cm³/mol. The predicted octanol–water partition coefficient (Wildman–Crippen LogP) is 0.667. The maximum absolute atomic E-state index is 11.9. The highest BCUT2D eigenvalue weighted by Gasteiger charge is 2.29. The Hall–Kier alpha value is -2.50. The zero-order valence-electron chi connectivity index (χ0n) is 10.00. The van der Waals surface area contributed by atoms with Crippen molar-refractivity contribution in [3.8, 4) is 0 Å². The van der Waals surface area contributed by atoms with Gasteiger partial charge in [0.2, 0.25) is 11.8 Å². The molecule has 2 amide bonds. The number of rotatable bonds is 2. The highest BCUT2D eigenvalue weighted by Crippen LogP contribution is 2.27. The number of pyridine rings is 1. The van der Waals surface area contributed by atoms with Crippen molar-refractivity contribution in [1.82, 2.24) is 14.7 Å².